The van der Waals surface area contributed by atoms with Crippen LogP contribution in [0, 0.1) is 10.1 Å². The monoisotopic (exact) mass is 455 g/mol. The minimum Gasteiger partial charge on any atom is -0.497 e. The van der Waals surface area contributed by atoms with Gasteiger partial charge >= 0.3 is 0 Å². The smallest absolute Gasteiger partial charge is 0.270 e. The van der Waals surface area contributed by atoms with E-state index in [4.69, 9.17) is 4.74 Å². The largest absolute Gasteiger partial charge is 0.497 e. The van der Waals surface area contributed by atoms with E-state index in [2.05, 4.69) is 10.1 Å². The highest BCUT2D eigenvalue weighted by Gasteiger charge is 2.40. The predicted octanol–water partition coefficient (Wildman–Crippen LogP) is 4.58. The zero-order valence-electron chi connectivity index (χ0n) is 18.3. The first-order valence-electron chi connectivity index (χ1n) is 10.7. The van der Waals surface area contributed by atoms with Crippen molar-refractivity contribution < 1.29 is 14.5 Å². The van der Waals surface area contributed by atoms with Crippen molar-refractivity contribution in [2.75, 3.05) is 12.0 Å². The normalized spacial score (nSPS) is 17.1. The number of non-ortho nitro benzene ring substituents is 1. The van der Waals surface area contributed by atoms with Gasteiger partial charge in [-0.15, -0.1) is 0 Å². The molecule has 4 aromatic rings. The van der Waals surface area contributed by atoms with E-state index in [1.165, 1.54) is 24.5 Å². The van der Waals surface area contributed by atoms with Crippen molar-refractivity contribution >= 4 is 17.5 Å². The van der Waals surface area contributed by atoms with Gasteiger partial charge in [0.05, 0.1) is 24.1 Å². The molecule has 5 rings (SSSR count). The second kappa shape index (κ2) is 8.78. The number of methoxy groups -OCH3 is 1. The van der Waals surface area contributed by atoms with Crippen molar-refractivity contribution in [2.45, 2.75) is 18.5 Å². The number of hydrogen-bond donors (Lipinski definition) is 0. The number of rotatable bonds is 5. The Morgan fingerprint density at radius 3 is 2.44 bits per heavy atom. The topological polar surface area (TPSA) is 103 Å². The van der Waals surface area contributed by atoms with Crippen molar-refractivity contribution in [3.05, 3.63) is 112 Å². The van der Waals surface area contributed by atoms with Crippen LogP contribution in [0.3, 0.4) is 0 Å². The molecule has 0 spiro atoms. The predicted molar refractivity (Wildman–Crippen MR) is 125 cm³/mol. The van der Waals surface area contributed by atoms with Gasteiger partial charge in [-0.1, -0.05) is 48.5 Å². The van der Waals surface area contributed by atoms with Gasteiger partial charge in [0.15, 0.2) is 0 Å². The van der Waals surface area contributed by atoms with Crippen LogP contribution in [0.25, 0.3) is 0 Å². The molecule has 0 unspecified atom stereocenters. The zero-order chi connectivity index (χ0) is 23.7. The molecule has 1 amide bonds. The molecule has 34 heavy (non-hydrogen) atoms. The third-order valence-corrected chi connectivity index (χ3v) is 6.03. The summed E-state index contributed by atoms with van der Waals surface area (Å²) in [5.74, 6) is 0.762. The highest BCUT2D eigenvalue weighted by Crippen LogP contribution is 2.42. The zero-order valence-corrected chi connectivity index (χ0v) is 18.3. The van der Waals surface area contributed by atoms with E-state index in [0.717, 1.165) is 16.9 Å². The third kappa shape index (κ3) is 3.77. The number of carbonyl (C=O) groups excluding carboxylic acids is 1. The van der Waals surface area contributed by atoms with Gasteiger partial charge in [0, 0.05) is 17.7 Å². The number of nitrogens with zero attached hydrogens (tertiary/aromatic N) is 5. The fraction of sp³-hybridized carbons (Fsp3) is 0.160. The molecule has 3 aromatic carbocycles. The average molecular weight is 455 g/mol. The number of nitro groups is 1. The summed E-state index contributed by atoms with van der Waals surface area (Å²) in [5, 5.41) is 15.7. The third-order valence-electron chi connectivity index (χ3n) is 6.03. The van der Waals surface area contributed by atoms with Crippen LogP contribution in [0.1, 0.15) is 40.0 Å². The van der Waals surface area contributed by atoms with Gasteiger partial charge in [-0.05, 0) is 35.7 Å². The maximum atomic E-state index is 13.8. The van der Waals surface area contributed by atoms with Crippen LogP contribution < -0.4 is 9.64 Å². The minimum absolute atomic E-state index is 0.142. The van der Waals surface area contributed by atoms with Gasteiger partial charge < -0.3 is 4.74 Å². The molecule has 0 aliphatic carbocycles. The van der Waals surface area contributed by atoms with E-state index in [1.807, 2.05) is 54.6 Å². The highest BCUT2D eigenvalue weighted by molar-refractivity contribution is 6.06. The number of fused-ring (bicyclic) bond motifs is 1. The molecule has 0 bridgehead atoms. The number of benzene rings is 3. The fourth-order valence-corrected chi connectivity index (χ4v) is 4.38. The molecule has 0 N–H and O–H groups in total. The van der Waals surface area contributed by atoms with E-state index >= 15 is 0 Å². The molecule has 170 valence electrons. The Morgan fingerprint density at radius 1 is 1.00 bits per heavy atom. The number of ether oxygens (including phenoxy) is 1. The average Bonchev–Trinajstić information content (AvgIpc) is 3.38. The molecule has 1 aromatic heterocycles. The van der Waals surface area contributed by atoms with Crippen LogP contribution in [-0.4, -0.2) is 32.7 Å². The molecule has 9 nitrogen and oxygen atoms in total. The molecule has 9 heteroatoms. The lowest BCUT2D eigenvalue weighted by molar-refractivity contribution is -0.384. The van der Waals surface area contributed by atoms with Crippen molar-refractivity contribution in [1.29, 1.82) is 0 Å². The molecule has 1 aliphatic rings. The first-order valence-corrected chi connectivity index (χ1v) is 10.7. The SMILES string of the molecule is COc1ccc([C@H]2C[C@@H](c3ccccc3)N(C(=O)c3cccc([N+](=O)[O-])c3)c3ncnn32)cc1. The van der Waals surface area contributed by atoms with Crippen molar-refractivity contribution in [3.63, 3.8) is 0 Å². The molecule has 0 saturated heterocycles. The van der Waals surface area contributed by atoms with Crippen LogP contribution in [-0.2, 0) is 0 Å². The highest BCUT2D eigenvalue weighted by atomic mass is 16.6. The van der Waals surface area contributed by atoms with E-state index in [9.17, 15) is 14.9 Å². The lowest BCUT2D eigenvalue weighted by atomic mass is 9.91. The van der Waals surface area contributed by atoms with Gasteiger partial charge in [-0.2, -0.15) is 10.1 Å². The van der Waals surface area contributed by atoms with Gasteiger partial charge in [0.25, 0.3) is 11.6 Å². The Kier molecular flexibility index (Phi) is 5.51. The second-order valence-electron chi connectivity index (χ2n) is 7.94. The maximum Gasteiger partial charge on any atom is 0.270 e. The number of amides is 1. The number of aromatic nitrogens is 3. The minimum atomic E-state index is -0.510. The van der Waals surface area contributed by atoms with Gasteiger partial charge in [-0.3, -0.25) is 19.8 Å². The summed E-state index contributed by atoms with van der Waals surface area (Å²) >= 11 is 0. The first-order chi connectivity index (χ1) is 16.6. The van der Waals surface area contributed by atoms with Gasteiger partial charge in [0.2, 0.25) is 5.95 Å². The van der Waals surface area contributed by atoms with Crippen LogP contribution in [0.5, 0.6) is 5.75 Å². The Bertz CT molecular complexity index is 1340. The van der Waals surface area contributed by atoms with Gasteiger partial charge in [-0.25, -0.2) is 4.68 Å². The first kappa shape index (κ1) is 21.3. The molecule has 2 heterocycles. The Labute approximate surface area is 195 Å². The summed E-state index contributed by atoms with van der Waals surface area (Å²) in [6.07, 6.45) is 1.97. The van der Waals surface area contributed by atoms with Crippen LogP contribution in [0.4, 0.5) is 11.6 Å². The summed E-state index contributed by atoms with van der Waals surface area (Å²) in [6.45, 7) is 0. The quantitative estimate of drug-likeness (QED) is 0.322. The number of carbonyl (C=O) groups is 1. The Hall–Kier alpha value is -4.53. The van der Waals surface area contributed by atoms with E-state index < -0.39 is 4.92 Å². The van der Waals surface area contributed by atoms with Crippen LogP contribution in [0.15, 0.2) is 85.2 Å². The maximum absolute atomic E-state index is 13.8. The molecular weight excluding hydrogens is 434 g/mol. The molecule has 2 atom stereocenters. The molecular formula is C25H21N5O4. The number of anilines is 1. The summed E-state index contributed by atoms with van der Waals surface area (Å²) in [5.41, 5.74) is 2.02. The number of hydrogen-bond acceptors (Lipinski definition) is 6. The standard InChI is InChI=1S/C25H21N5O4/c1-34-21-12-10-18(11-13-21)23-15-22(17-6-3-2-4-7-17)28(25-26-16-27-29(23)25)24(31)19-8-5-9-20(14-19)30(32)33/h2-14,16,22-23H,15H2,1H3/t22-,23+/m0/s1. The Balaban J connectivity index is 1.62. The summed E-state index contributed by atoms with van der Waals surface area (Å²) in [6, 6.07) is 22.7. The van der Waals surface area contributed by atoms with E-state index in [-0.39, 0.29) is 29.2 Å². The van der Waals surface area contributed by atoms with Gasteiger partial charge in [0.1, 0.15) is 12.1 Å². The molecule has 0 radical (unpaired) electrons. The molecule has 1 aliphatic heterocycles. The van der Waals surface area contributed by atoms with E-state index in [1.54, 1.807) is 22.8 Å². The summed E-state index contributed by atoms with van der Waals surface area (Å²) in [4.78, 5) is 30.5. The Morgan fingerprint density at radius 2 is 1.74 bits per heavy atom. The molecule has 0 fully saturated rings. The lowest BCUT2D eigenvalue weighted by Gasteiger charge is -2.39. The van der Waals surface area contributed by atoms with E-state index in [0.29, 0.717) is 12.4 Å². The van der Waals surface area contributed by atoms with Crippen LogP contribution >= 0.6 is 0 Å². The van der Waals surface area contributed by atoms with Crippen molar-refractivity contribution in [1.82, 2.24) is 14.8 Å². The lowest BCUT2D eigenvalue weighted by Crippen LogP contribution is -2.42. The van der Waals surface area contributed by atoms with Crippen molar-refractivity contribution in [2.24, 2.45) is 0 Å². The second-order valence-corrected chi connectivity index (χ2v) is 7.94. The summed E-state index contributed by atoms with van der Waals surface area (Å²) < 4.78 is 7.02. The number of nitro benzene ring substituents is 1. The fourth-order valence-electron chi connectivity index (χ4n) is 4.38. The van der Waals surface area contributed by atoms with Crippen molar-refractivity contribution in [3.8, 4) is 5.75 Å². The molecule has 0 saturated carbocycles. The summed E-state index contributed by atoms with van der Waals surface area (Å²) in [7, 11) is 1.62. The van der Waals surface area contributed by atoms with Crippen LogP contribution in [0.2, 0.25) is 0 Å².